The molecule has 0 bridgehead atoms. The predicted octanol–water partition coefficient (Wildman–Crippen LogP) is 5.56. The first-order chi connectivity index (χ1) is 14.5. The van der Waals surface area contributed by atoms with Crippen LogP contribution in [0.2, 0.25) is 0 Å². The molecule has 30 heavy (non-hydrogen) atoms. The predicted molar refractivity (Wildman–Crippen MR) is 123 cm³/mol. The van der Waals surface area contributed by atoms with Crippen LogP contribution < -0.4 is 5.32 Å². The second kappa shape index (κ2) is 7.55. The van der Waals surface area contributed by atoms with Crippen molar-refractivity contribution in [3.63, 3.8) is 0 Å². The number of H-pyrrole nitrogens is 1. The van der Waals surface area contributed by atoms with Gasteiger partial charge in [-0.15, -0.1) is 0 Å². The molecule has 1 aromatic carbocycles. The number of nitrogens with one attached hydrogen (secondary N) is 2. The Labute approximate surface area is 177 Å². The lowest BCUT2D eigenvalue weighted by Crippen LogP contribution is -2.29. The van der Waals surface area contributed by atoms with Gasteiger partial charge in [-0.25, -0.2) is 9.50 Å². The zero-order valence-corrected chi connectivity index (χ0v) is 18.4. The van der Waals surface area contributed by atoms with Gasteiger partial charge in [0.2, 0.25) is 0 Å². The summed E-state index contributed by atoms with van der Waals surface area (Å²) < 4.78 is 1.88. The number of benzene rings is 1. The first-order valence-corrected chi connectivity index (χ1v) is 11.2. The summed E-state index contributed by atoms with van der Waals surface area (Å²) in [6.07, 6.45) is 8.79. The van der Waals surface area contributed by atoms with Gasteiger partial charge in [-0.2, -0.15) is 5.10 Å². The minimum Gasteiger partial charge on any atom is -0.354 e. The van der Waals surface area contributed by atoms with Crippen LogP contribution in [0.5, 0.6) is 0 Å². The first-order valence-electron chi connectivity index (χ1n) is 11.2. The van der Waals surface area contributed by atoms with Crippen LogP contribution in [0.3, 0.4) is 0 Å². The van der Waals surface area contributed by atoms with Gasteiger partial charge in [0.25, 0.3) is 0 Å². The highest BCUT2D eigenvalue weighted by molar-refractivity contribution is 5.92. The van der Waals surface area contributed by atoms with Crippen molar-refractivity contribution < 1.29 is 0 Å². The Morgan fingerprint density at radius 3 is 2.67 bits per heavy atom. The molecule has 0 aliphatic heterocycles. The largest absolute Gasteiger partial charge is 0.354 e. The molecule has 5 nitrogen and oxygen atoms in total. The molecule has 0 unspecified atom stereocenters. The molecule has 2 N–H and O–H groups in total. The maximum Gasteiger partial charge on any atom is 0.158 e. The number of hydrogen-bond donors (Lipinski definition) is 2. The van der Waals surface area contributed by atoms with Crippen molar-refractivity contribution in [2.75, 3.05) is 7.05 Å². The number of aromatic amines is 1. The van der Waals surface area contributed by atoms with E-state index in [4.69, 9.17) is 0 Å². The summed E-state index contributed by atoms with van der Waals surface area (Å²) in [4.78, 5) is 8.09. The highest BCUT2D eigenvalue weighted by atomic mass is 15.3. The van der Waals surface area contributed by atoms with Crippen molar-refractivity contribution in [2.24, 2.45) is 0 Å². The summed E-state index contributed by atoms with van der Waals surface area (Å²) in [5.41, 5.74) is 8.54. The van der Waals surface area contributed by atoms with Crippen molar-refractivity contribution in [1.82, 2.24) is 24.9 Å². The molecule has 0 saturated heterocycles. The second-order valence-electron chi connectivity index (χ2n) is 9.15. The summed E-state index contributed by atoms with van der Waals surface area (Å²) in [5.74, 6) is 1.10. The van der Waals surface area contributed by atoms with Gasteiger partial charge in [-0.05, 0) is 86.4 Å². The van der Waals surface area contributed by atoms with E-state index in [9.17, 15) is 0 Å². The smallest absolute Gasteiger partial charge is 0.158 e. The molecular weight excluding hydrogens is 370 g/mol. The minimum atomic E-state index is 0.427. The molecule has 3 heterocycles. The van der Waals surface area contributed by atoms with Gasteiger partial charge >= 0.3 is 0 Å². The third-order valence-corrected chi connectivity index (χ3v) is 6.89. The Kier molecular flexibility index (Phi) is 4.86. The van der Waals surface area contributed by atoms with Crippen molar-refractivity contribution in [1.29, 1.82) is 0 Å². The highest BCUT2D eigenvalue weighted by Crippen LogP contribution is 2.39. The van der Waals surface area contributed by atoms with Crippen LogP contribution in [0.25, 0.3) is 27.8 Å². The van der Waals surface area contributed by atoms with Gasteiger partial charge in [0.1, 0.15) is 6.33 Å². The Bertz CT molecular complexity index is 1190. The van der Waals surface area contributed by atoms with E-state index in [2.05, 4.69) is 78.7 Å². The van der Waals surface area contributed by atoms with Crippen LogP contribution in [-0.4, -0.2) is 32.7 Å². The van der Waals surface area contributed by atoms with E-state index in [0.29, 0.717) is 17.9 Å². The molecule has 1 aliphatic carbocycles. The summed E-state index contributed by atoms with van der Waals surface area (Å²) >= 11 is 0. The van der Waals surface area contributed by atoms with E-state index in [1.54, 1.807) is 6.33 Å². The zero-order valence-electron chi connectivity index (χ0n) is 18.4. The number of aryl methyl sites for hydroxylation is 1. The molecule has 4 aromatic rings. The first kappa shape index (κ1) is 19.3. The molecular formula is C25H31N5. The lowest BCUT2D eigenvalue weighted by atomic mass is 9.81. The van der Waals surface area contributed by atoms with E-state index >= 15 is 0 Å². The van der Waals surface area contributed by atoms with Crippen LogP contribution in [0, 0.1) is 6.92 Å². The Morgan fingerprint density at radius 2 is 1.93 bits per heavy atom. The van der Waals surface area contributed by atoms with Gasteiger partial charge in [0, 0.05) is 28.7 Å². The van der Waals surface area contributed by atoms with Gasteiger partial charge in [0.05, 0.1) is 5.69 Å². The van der Waals surface area contributed by atoms with Gasteiger partial charge in [-0.3, -0.25) is 0 Å². The standard InChI is InChI=1S/C25H31N5/c1-15(2)23-21-12-18(17-5-8-20(26-4)9-6-17)7-10-22(21)29-24(23)19-11-16(3)25-27-14-28-30(25)13-19/h7,10-15,17,20,26,29H,5-6,8-9H2,1-4H3. The van der Waals surface area contributed by atoms with Crippen molar-refractivity contribution >= 4 is 16.6 Å². The molecule has 5 rings (SSSR count). The topological polar surface area (TPSA) is 58.0 Å². The van der Waals surface area contributed by atoms with E-state index in [-0.39, 0.29) is 0 Å². The average molecular weight is 402 g/mol. The van der Waals surface area contributed by atoms with Crippen LogP contribution in [-0.2, 0) is 0 Å². The highest BCUT2D eigenvalue weighted by Gasteiger charge is 2.23. The fourth-order valence-electron chi connectivity index (χ4n) is 5.26. The molecule has 0 spiro atoms. The normalized spacial score (nSPS) is 19.9. The third-order valence-electron chi connectivity index (χ3n) is 6.89. The summed E-state index contributed by atoms with van der Waals surface area (Å²) in [5, 5.41) is 9.18. The molecule has 156 valence electrons. The number of rotatable bonds is 4. The quantitative estimate of drug-likeness (QED) is 0.471. The van der Waals surface area contributed by atoms with Crippen molar-refractivity contribution in [3.05, 3.63) is 53.5 Å². The maximum absolute atomic E-state index is 4.37. The van der Waals surface area contributed by atoms with Crippen LogP contribution in [0.15, 0.2) is 36.8 Å². The molecule has 5 heteroatoms. The lowest BCUT2D eigenvalue weighted by Gasteiger charge is -2.28. The summed E-state index contributed by atoms with van der Waals surface area (Å²) in [6.45, 7) is 6.68. The molecule has 1 saturated carbocycles. The van der Waals surface area contributed by atoms with Crippen molar-refractivity contribution in [3.8, 4) is 11.3 Å². The Morgan fingerprint density at radius 1 is 1.13 bits per heavy atom. The molecule has 0 amide bonds. The summed E-state index contributed by atoms with van der Waals surface area (Å²) in [6, 6.07) is 9.98. The number of pyridine rings is 1. The van der Waals surface area contributed by atoms with Gasteiger partial charge in [0.15, 0.2) is 5.65 Å². The SMILES string of the molecule is CNC1CCC(c2ccc3[nH]c(-c4cc(C)c5ncnn5c4)c(C(C)C)c3c2)CC1. The summed E-state index contributed by atoms with van der Waals surface area (Å²) in [7, 11) is 2.09. The van der Waals surface area contributed by atoms with Crippen LogP contribution >= 0.6 is 0 Å². The molecule has 1 aliphatic rings. The number of hydrogen-bond acceptors (Lipinski definition) is 3. The Hall–Kier alpha value is -2.66. The fourth-order valence-corrected chi connectivity index (χ4v) is 5.26. The molecule has 1 fully saturated rings. The zero-order chi connectivity index (χ0) is 20.8. The van der Waals surface area contributed by atoms with E-state index in [0.717, 1.165) is 11.2 Å². The van der Waals surface area contributed by atoms with Crippen molar-refractivity contribution in [2.45, 2.75) is 64.3 Å². The average Bonchev–Trinajstić information content (AvgIpc) is 3.38. The maximum atomic E-state index is 4.37. The van der Waals surface area contributed by atoms with E-state index < -0.39 is 0 Å². The number of nitrogens with zero attached hydrogens (tertiary/aromatic N) is 3. The van der Waals surface area contributed by atoms with Crippen LogP contribution in [0.4, 0.5) is 0 Å². The third kappa shape index (κ3) is 3.21. The van der Waals surface area contributed by atoms with E-state index in [1.165, 1.54) is 59.0 Å². The second-order valence-corrected chi connectivity index (χ2v) is 9.15. The van der Waals surface area contributed by atoms with E-state index in [1.807, 2.05) is 4.52 Å². The van der Waals surface area contributed by atoms with Gasteiger partial charge < -0.3 is 10.3 Å². The molecule has 3 aromatic heterocycles. The fraction of sp³-hybridized carbons (Fsp3) is 0.440. The molecule has 0 atom stereocenters. The number of aromatic nitrogens is 4. The Balaban J connectivity index is 1.60. The minimum absolute atomic E-state index is 0.427. The number of fused-ring (bicyclic) bond motifs is 2. The lowest BCUT2D eigenvalue weighted by molar-refractivity contribution is 0.359. The van der Waals surface area contributed by atoms with Crippen LogP contribution in [0.1, 0.15) is 68.1 Å². The molecule has 0 radical (unpaired) electrons. The van der Waals surface area contributed by atoms with Gasteiger partial charge in [-0.1, -0.05) is 19.9 Å². The monoisotopic (exact) mass is 401 g/mol.